The molecule has 0 radical (unpaired) electrons. The molecule has 0 spiro atoms. The van der Waals surface area contributed by atoms with Crippen LogP contribution in [0.3, 0.4) is 0 Å². The van der Waals surface area contributed by atoms with Crippen molar-refractivity contribution in [3.63, 3.8) is 0 Å². The second-order valence-electron chi connectivity index (χ2n) is 9.76. The molecule has 1 N–H and O–H groups in total. The summed E-state index contributed by atoms with van der Waals surface area (Å²) in [6.45, 7) is -2.61. The van der Waals surface area contributed by atoms with E-state index in [2.05, 4.69) is 0 Å². The van der Waals surface area contributed by atoms with Gasteiger partial charge in [-0.3, -0.25) is 0 Å². The van der Waals surface area contributed by atoms with E-state index in [0.29, 0.717) is 14.1 Å². The number of aliphatic carboxylic acids is 1. The average Bonchev–Trinajstić information content (AvgIpc) is 2.79. The molecule has 3 nitrogen and oxygen atoms in total. The normalized spacial score (nSPS) is 17.0. The van der Waals surface area contributed by atoms with Gasteiger partial charge in [0.25, 0.3) is 0 Å². The maximum atomic E-state index is 13.9. The van der Waals surface area contributed by atoms with E-state index in [1.807, 2.05) is 0 Å². The standard InChI is InChI=1S/C18H13F24NO2/c1-43(2,5-7(44)45)4-3-6(19)8(20,21)9(22,23)10(24,25)11(26,27)12(28,29)13(30,31)14(32,33)15(34,35)16(36,37)17(38,39)18(40,41)42/h6H,3-5H2,1-2H3/p+1. The van der Waals surface area contributed by atoms with Gasteiger partial charge >= 0.3 is 71.4 Å². The molecule has 1 unspecified atom stereocenters. The van der Waals surface area contributed by atoms with Gasteiger partial charge in [0.2, 0.25) is 0 Å². The van der Waals surface area contributed by atoms with Gasteiger partial charge < -0.3 is 9.59 Å². The van der Waals surface area contributed by atoms with Gasteiger partial charge in [0.1, 0.15) is 0 Å². The fourth-order valence-corrected chi connectivity index (χ4v) is 3.05. The first-order valence-corrected chi connectivity index (χ1v) is 10.6. The minimum atomic E-state index is -9.53. The summed E-state index contributed by atoms with van der Waals surface area (Å²) in [4.78, 5) is 10.6. The molecule has 0 aromatic carbocycles. The van der Waals surface area contributed by atoms with Gasteiger partial charge in [0.15, 0.2) is 12.7 Å². The largest absolute Gasteiger partial charge is 0.477 e. The lowest BCUT2D eigenvalue weighted by atomic mass is 9.84. The van der Waals surface area contributed by atoms with Crippen molar-refractivity contribution < 1.29 is 120 Å². The van der Waals surface area contributed by atoms with Gasteiger partial charge in [-0.1, -0.05) is 0 Å². The van der Waals surface area contributed by atoms with E-state index in [1.165, 1.54) is 0 Å². The summed E-state index contributed by atoms with van der Waals surface area (Å²) >= 11 is 0. The lowest BCUT2D eigenvalue weighted by molar-refractivity contribution is -0.883. The number of hydrogen-bond donors (Lipinski definition) is 1. The molecule has 0 bridgehead atoms. The van der Waals surface area contributed by atoms with Gasteiger partial charge in [-0.25, -0.2) is 9.18 Å². The molecule has 0 aliphatic heterocycles. The number of hydrogen-bond acceptors (Lipinski definition) is 1. The van der Waals surface area contributed by atoms with Crippen LogP contribution in [-0.2, 0) is 4.79 Å². The van der Waals surface area contributed by atoms with E-state index in [9.17, 15) is 110 Å². The van der Waals surface area contributed by atoms with E-state index in [1.54, 1.807) is 0 Å². The van der Waals surface area contributed by atoms with Crippen molar-refractivity contribution in [2.75, 3.05) is 27.2 Å². The van der Waals surface area contributed by atoms with Crippen LogP contribution < -0.4 is 0 Å². The van der Waals surface area contributed by atoms with Gasteiger partial charge in [-0.2, -0.15) is 101 Å². The second-order valence-corrected chi connectivity index (χ2v) is 9.76. The topological polar surface area (TPSA) is 37.3 Å². The predicted molar refractivity (Wildman–Crippen MR) is 94.5 cm³/mol. The molecule has 0 saturated heterocycles. The number of nitrogens with zero attached hydrogens (tertiary/aromatic N) is 1. The predicted octanol–water partition coefficient (Wildman–Crippen LogP) is 7.79. The smallest absolute Gasteiger partial charge is 0.460 e. The van der Waals surface area contributed by atoms with E-state index >= 15 is 0 Å². The van der Waals surface area contributed by atoms with Crippen LogP contribution in [0, 0.1) is 0 Å². The molecule has 0 amide bonds. The highest BCUT2D eigenvalue weighted by molar-refractivity contribution is 5.67. The van der Waals surface area contributed by atoms with Crippen LogP contribution in [0.4, 0.5) is 105 Å². The molecule has 0 heterocycles. The van der Waals surface area contributed by atoms with Crippen molar-refractivity contribution in [2.45, 2.75) is 78.0 Å². The number of carboxylic acid groups (broad SMARTS) is 1. The SMILES string of the molecule is C[N+](C)(CCC(F)C(F)(F)C(F)(F)C(F)(F)C(F)(F)C(F)(F)C(F)(F)C(F)(F)C(F)(F)C(F)(F)C(F)(F)C(F)(F)F)CC(=O)O. The molecule has 0 rings (SSSR count). The number of quaternary nitrogens is 1. The van der Waals surface area contributed by atoms with Gasteiger partial charge in [-0.05, 0) is 0 Å². The Kier molecular flexibility index (Phi) is 10.6. The molecular weight excluding hydrogens is 718 g/mol. The molecular formula is C18H14F24NO2+. The van der Waals surface area contributed by atoms with Crippen molar-refractivity contribution in [2.24, 2.45) is 0 Å². The van der Waals surface area contributed by atoms with Crippen LogP contribution in [0.15, 0.2) is 0 Å². The highest BCUT2D eigenvalue weighted by Gasteiger charge is 2.99. The summed E-state index contributed by atoms with van der Waals surface area (Å²) in [5, 5.41) is 8.55. The minimum absolute atomic E-state index is 0.701. The average molecular weight is 732 g/mol. The van der Waals surface area contributed by atoms with Crippen LogP contribution in [0.1, 0.15) is 6.42 Å². The number of rotatable bonds is 15. The lowest BCUT2D eigenvalue weighted by Gasteiger charge is -2.45. The van der Waals surface area contributed by atoms with Gasteiger partial charge in [0, 0.05) is 6.42 Å². The van der Waals surface area contributed by atoms with Gasteiger partial charge in [0.05, 0.1) is 20.6 Å². The maximum Gasteiger partial charge on any atom is 0.460 e. The van der Waals surface area contributed by atoms with Crippen LogP contribution >= 0.6 is 0 Å². The molecule has 0 aromatic heterocycles. The first-order chi connectivity index (χ1) is 19.0. The molecule has 0 aromatic rings. The summed E-state index contributed by atoms with van der Waals surface area (Å²) in [7, 11) is 1.40. The Hall–Kier alpha value is -2.25. The molecule has 27 heteroatoms. The lowest BCUT2D eigenvalue weighted by Crippen LogP contribution is -2.78. The van der Waals surface area contributed by atoms with E-state index in [-0.39, 0.29) is 0 Å². The highest BCUT2D eigenvalue weighted by atomic mass is 19.4. The number of carbonyl (C=O) groups is 1. The number of alkyl halides is 24. The minimum Gasteiger partial charge on any atom is -0.477 e. The zero-order chi connectivity index (χ0) is 37.3. The number of halogens is 24. The van der Waals surface area contributed by atoms with E-state index < -0.39 is 102 Å². The highest BCUT2D eigenvalue weighted by Crippen LogP contribution is 2.67. The third kappa shape index (κ3) is 6.01. The summed E-state index contributed by atoms with van der Waals surface area (Å²) in [5.74, 6) is -91.6. The second kappa shape index (κ2) is 11.2. The van der Waals surface area contributed by atoms with Crippen molar-refractivity contribution in [3.8, 4) is 0 Å². The van der Waals surface area contributed by atoms with Crippen LogP contribution in [0.25, 0.3) is 0 Å². The molecule has 1 atom stereocenters. The first kappa shape index (κ1) is 42.8. The van der Waals surface area contributed by atoms with Crippen molar-refractivity contribution in [1.29, 1.82) is 0 Å². The quantitative estimate of drug-likeness (QED) is 0.138. The number of likely N-dealkylation sites (N-methyl/N-ethyl adjacent to an activating group) is 1. The Balaban J connectivity index is 7.02. The summed E-state index contributed by atoms with van der Waals surface area (Å²) in [5.41, 5.74) is 0. The fourth-order valence-electron chi connectivity index (χ4n) is 3.05. The van der Waals surface area contributed by atoms with E-state index in [4.69, 9.17) is 5.11 Å². The summed E-state index contributed by atoms with van der Waals surface area (Å²) < 4.78 is 321. The molecule has 45 heavy (non-hydrogen) atoms. The van der Waals surface area contributed by atoms with Gasteiger partial charge in [-0.15, -0.1) is 0 Å². The molecule has 0 fully saturated rings. The Labute approximate surface area is 232 Å². The Morgan fingerprint density at radius 2 is 0.756 bits per heavy atom. The molecule has 0 saturated carbocycles. The van der Waals surface area contributed by atoms with Crippen LogP contribution in [-0.4, -0.2) is 114 Å². The van der Waals surface area contributed by atoms with Crippen molar-refractivity contribution in [3.05, 3.63) is 0 Å². The van der Waals surface area contributed by atoms with Crippen LogP contribution in [0.2, 0.25) is 0 Å². The third-order valence-corrected chi connectivity index (χ3v) is 5.87. The monoisotopic (exact) mass is 732 g/mol. The number of carboxylic acids is 1. The zero-order valence-corrected chi connectivity index (χ0v) is 21.1. The summed E-state index contributed by atoms with van der Waals surface area (Å²) in [6, 6.07) is 0. The molecule has 270 valence electrons. The Bertz CT molecular complexity index is 1080. The fraction of sp³-hybridized carbons (Fsp3) is 0.944. The van der Waals surface area contributed by atoms with Crippen molar-refractivity contribution >= 4 is 5.97 Å². The third-order valence-electron chi connectivity index (χ3n) is 5.87. The van der Waals surface area contributed by atoms with E-state index in [0.717, 1.165) is 0 Å². The van der Waals surface area contributed by atoms with Crippen LogP contribution in [0.5, 0.6) is 0 Å². The zero-order valence-electron chi connectivity index (χ0n) is 21.1. The van der Waals surface area contributed by atoms with Crippen molar-refractivity contribution in [1.82, 2.24) is 0 Å². The molecule has 0 aliphatic carbocycles. The maximum absolute atomic E-state index is 13.9. The molecule has 0 aliphatic rings. The Morgan fingerprint density at radius 3 is 1.00 bits per heavy atom. The first-order valence-electron chi connectivity index (χ1n) is 10.6. The Morgan fingerprint density at radius 1 is 0.511 bits per heavy atom. The summed E-state index contributed by atoms with van der Waals surface area (Å²) in [6.07, 6.45) is -15.4.